The van der Waals surface area contributed by atoms with Crippen LogP contribution in [0.1, 0.15) is 24.4 Å². The Labute approximate surface area is 115 Å². The molecule has 18 heavy (non-hydrogen) atoms. The topological polar surface area (TPSA) is 42.7 Å². The SMILES string of the molecule is Cc1ccc(-c2nnc3n2CCNC3C)c(Br)c1. The molecule has 0 radical (unpaired) electrons. The third kappa shape index (κ3) is 1.87. The highest BCUT2D eigenvalue weighted by molar-refractivity contribution is 9.10. The van der Waals surface area contributed by atoms with Crippen LogP contribution in [-0.2, 0) is 6.54 Å². The van der Waals surface area contributed by atoms with Crippen LogP contribution in [0, 0.1) is 6.92 Å². The molecular weight excluding hydrogens is 292 g/mol. The summed E-state index contributed by atoms with van der Waals surface area (Å²) in [6.45, 7) is 6.08. The third-order valence-electron chi connectivity index (χ3n) is 3.32. The van der Waals surface area contributed by atoms with Gasteiger partial charge in [0.05, 0.1) is 6.04 Å². The van der Waals surface area contributed by atoms with Crippen molar-refractivity contribution >= 4 is 15.9 Å². The van der Waals surface area contributed by atoms with Crippen LogP contribution in [0.3, 0.4) is 0 Å². The van der Waals surface area contributed by atoms with E-state index < -0.39 is 0 Å². The molecule has 0 fully saturated rings. The fourth-order valence-corrected chi connectivity index (χ4v) is 3.01. The smallest absolute Gasteiger partial charge is 0.165 e. The number of fused-ring (bicyclic) bond motifs is 1. The van der Waals surface area contributed by atoms with Gasteiger partial charge in [0.15, 0.2) is 5.82 Å². The van der Waals surface area contributed by atoms with Gasteiger partial charge in [-0.05, 0) is 31.5 Å². The van der Waals surface area contributed by atoms with Crippen molar-refractivity contribution in [1.82, 2.24) is 20.1 Å². The fraction of sp³-hybridized carbons (Fsp3) is 0.385. The monoisotopic (exact) mass is 306 g/mol. The lowest BCUT2D eigenvalue weighted by Gasteiger charge is -2.22. The predicted molar refractivity (Wildman–Crippen MR) is 74.3 cm³/mol. The zero-order valence-corrected chi connectivity index (χ0v) is 12.0. The Morgan fingerprint density at radius 3 is 3.00 bits per heavy atom. The molecule has 0 amide bonds. The van der Waals surface area contributed by atoms with E-state index >= 15 is 0 Å². The van der Waals surface area contributed by atoms with Crippen LogP contribution in [0.2, 0.25) is 0 Å². The summed E-state index contributed by atoms with van der Waals surface area (Å²) < 4.78 is 3.28. The summed E-state index contributed by atoms with van der Waals surface area (Å²) in [6.07, 6.45) is 0. The maximum absolute atomic E-state index is 4.35. The highest BCUT2D eigenvalue weighted by Gasteiger charge is 2.22. The minimum absolute atomic E-state index is 0.268. The molecule has 1 N–H and O–H groups in total. The Kier molecular flexibility index (Phi) is 2.95. The van der Waals surface area contributed by atoms with Crippen LogP contribution in [0.4, 0.5) is 0 Å². The van der Waals surface area contributed by atoms with Crippen LogP contribution >= 0.6 is 15.9 Å². The molecular formula is C13H15BrN4. The number of nitrogens with one attached hydrogen (secondary N) is 1. The summed E-state index contributed by atoms with van der Waals surface area (Å²) in [7, 11) is 0. The summed E-state index contributed by atoms with van der Waals surface area (Å²) in [6, 6.07) is 6.58. The highest BCUT2D eigenvalue weighted by Crippen LogP contribution is 2.30. The second kappa shape index (κ2) is 4.48. The molecule has 3 rings (SSSR count). The number of aromatic nitrogens is 3. The van der Waals surface area contributed by atoms with Gasteiger partial charge in [0.25, 0.3) is 0 Å². The van der Waals surface area contributed by atoms with Crippen molar-refractivity contribution in [2.45, 2.75) is 26.4 Å². The molecule has 5 heteroatoms. The van der Waals surface area contributed by atoms with E-state index in [1.807, 2.05) is 0 Å². The van der Waals surface area contributed by atoms with Gasteiger partial charge in [-0.25, -0.2) is 0 Å². The van der Waals surface area contributed by atoms with Gasteiger partial charge in [-0.3, -0.25) is 0 Å². The lowest BCUT2D eigenvalue weighted by atomic mass is 10.1. The van der Waals surface area contributed by atoms with E-state index in [0.29, 0.717) is 0 Å². The van der Waals surface area contributed by atoms with Gasteiger partial charge in [-0.2, -0.15) is 0 Å². The number of rotatable bonds is 1. The number of hydrogen-bond acceptors (Lipinski definition) is 3. The molecule has 1 unspecified atom stereocenters. The molecule has 4 nitrogen and oxygen atoms in total. The Hall–Kier alpha value is -1.20. The number of aryl methyl sites for hydroxylation is 1. The average molecular weight is 307 g/mol. The maximum atomic E-state index is 4.35. The lowest BCUT2D eigenvalue weighted by Crippen LogP contribution is -2.32. The molecule has 1 atom stereocenters. The first-order valence-corrected chi connectivity index (χ1v) is 6.89. The molecule has 1 aromatic heterocycles. The van der Waals surface area contributed by atoms with E-state index in [2.05, 4.69) is 68.1 Å². The van der Waals surface area contributed by atoms with Crippen LogP contribution < -0.4 is 5.32 Å². The van der Waals surface area contributed by atoms with Gasteiger partial charge < -0.3 is 9.88 Å². The Morgan fingerprint density at radius 2 is 2.22 bits per heavy atom. The van der Waals surface area contributed by atoms with Crippen molar-refractivity contribution in [1.29, 1.82) is 0 Å². The minimum atomic E-state index is 0.268. The van der Waals surface area contributed by atoms with Crippen molar-refractivity contribution in [2.75, 3.05) is 6.54 Å². The first kappa shape index (κ1) is 11.9. The molecule has 2 heterocycles. The van der Waals surface area contributed by atoms with Gasteiger partial charge in [0.1, 0.15) is 5.82 Å². The second-order valence-corrected chi connectivity index (χ2v) is 5.55. The van der Waals surface area contributed by atoms with Gasteiger partial charge >= 0.3 is 0 Å². The van der Waals surface area contributed by atoms with E-state index in [9.17, 15) is 0 Å². The number of halogens is 1. The van der Waals surface area contributed by atoms with Crippen LogP contribution in [0.5, 0.6) is 0 Å². The number of hydrogen-bond donors (Lipinski definition) is 1. The maximum Gasteiger partial charge on any atom is 0.165 e. The lowest BCUT2D eigenvalue weighted by molar-refractivity contribution is 0.439. The largest absolute Gasteiger partial charge is 0.308 e. The standard InChI is InChI=1S/C13H15BrN4/c1-8-3-4-10(11(14)7-8)13-17-16-12-9(2)15-5-6-18(12)13/h3-4,7,9,15H,5-6H2,1-2H3. The van der Waals surface area contributed by atoms with Crippen molar-refractivity contribution < 1.29 is 0 Å². The third-order valence-corrected chi connectivity index (χ3v) is 3.97. The van der Waals surface area contributed by atoms with Crippen molar-refractivity contribution in [2.24, 2.45) is 0 Å². The van der Waals surface area contributed by atoms with E-state index in [1.54, 1.807) is 0 Å². The molecule has 1 aliphatic rings. The first-order valence-electron chi connectivity index (χ1n) is 6.10. The molecule has 94 valence electrons. The molecule has 0 saturated carbocycles. The van der Waals surface area contributed by atoms with Crippen LogP contribution in [0.15, 0.2) is 22.7 Å². The molecule has 2 aromatic rings. The van der Waals surface area contributed by atoms with E-state index in [-0.39, 0.29) is 6.04 Å². The Bertz CT molecular complexity index is 591. The Morgan fingerprint density at radius 1 is 1.39 bits per heavy atom. The van der Waals surface area contributed by atoms with Crippen molar-refractivity contribution in [3.8, 4) is 11.4 Å². The summed E-state index contributed by atoms with van der Waals surface area (Å²) >= 11 is 3.61. The fourth-order valence-electron chi connectivity index (χ4n) is 2.34. The summed E-state index contributed by atoms with van der Waals surface area (Å²) in [4.78, 5) is 0. The molecule has 0 saturated heterocycles. The van der Waals surface area contributed by atoms with E-state index in [1.165, 1.54) is 5.56 Å². The van der Waals surface area contributed by atoms with Gasteiger partial charge in [0.2, 0.25) is 0 Å². The molecule has 1 aromatic carbocycles. The normalized spacial score (nSPS) is 18.7. The zero-order chi connectivity index (χ0) is 12.7. The second-order valence-electron chi connectivity index (χ2n) is 4.69. The predicted octanol–water partition coefficient (Wildman–Crippen LogP) is 2.68. The number of nitrogens with zero attached hydrogens (tertiary/aromatic N) is 3. The molecule has 0 aliphatic carbocycles. The Balaban J connectivity index is 2.12. The van der Waals surface area contributed by atoms with Crippen molar-refractivity contribution in [3.63, 3.8) is 0 Å². The highest BCUT2D eigenvalue weighted by atomic mass is 79.9. The van der Waals surface area contributed by atoms with E-state index in [4.69, 9.17) is 0 Å². The molecule has 0 spiro atoms. The molecule has 1 aliphatic heterocycles. The van der Waals surface area contributed by atoms with Crippen molar-refractivity contribution in [3.05, 3.63) is 34.1 Å². The number of benzene rings is 1. The quantitative estimate of drug-likeness (QED) is 0.881. The summed E-state index contributed by atoms with van der Waals surface area (Å²) in [5.74, 6) is 1.97. The summed E-state index contributed by atoms with van der Waals surface area (Å²) in [5, 5.41) is 12.1. The summed E-state index contributed by atoms with van der Waals surface area (Å²) in [5.41, 5.74) is 2.34. The zero-order valence-electron chi connectivity index (χ0n) is 10.4. The van der Waals surface area contributed by atoms with Gasteiger partial charge in [-0.1, -0.05) is 22.0 Å². The average Bonchev–Trinajstić information content (AvgIpc) is 2.74. The van der Waals surface area contributed by atoms with Gasteiger partial charge in [-0.15, -0.1) is 10.2 Å². The van der Waals surface area contributed by atoms with E-state index in [0.717, 1.165) is 34.8 Å². The van der Waals surface area contributed by atoms with Crippen LogP contribution in [-0.4, -0.2) is 21.3 Å². The van der Waals surface area contributed by atoms with Crippen LogP contribution in [0.25, 0.3) is 11.4 Å². The molecule has 0 bridgehead atoms. The first-order chi connectivity index (χ1) is 8.66. The minimum Gasteiger partial charge on any atom is -0.308 e. The van der Waals surface area contributed by atoms with Gasteiger partial charge in [0, 0.05) is 23.1 Å².